The highest BCUT2D eigenvalue weighted by Crippen LogP contribution is 2.17. The van der Waals surface area contributed by atoms with E-state index in [0.29, 0.717) is 29.2 Å². The predicted octanol–water partition coefficient (Wildman–Crippen LogP) is 3.17. The van der Waals surface area contributed by atoms with Crippen molar-refractivity contribution < 1.29 is 4.79 Å². The zero-order chi connectivity index (χ0) is 16.2. The molecule has 4 nitrogen and oxygen atoms in total. The minimum Gasteiger partial charge on any atom is -0.350 e. The molecule has 0 fully saturated rings. The van der Waals surface area contributed by atoms with Crippen molar-refractivity contribution in [2.45, 2.75) is 39.7 Å². The second-order valence-electron chi connectivity index (χ2n) is 6.24. The first-order valence-corrected chi connectivity index (χ1v) is 7.72. The van der Waals surface area contributed by atoms with Gasteiger partial charge < -0.3 is 10.2 Å². The first-order chi connectivity index (χ1) is 9.72. The van der Waals surface area contributed by atoms with Gasteiger partial charge >= 0.3 is 0 Å². The first-order valence-electron chi connectivity index (χ1n) is 7.34. The van der Waals surface area contributed by atoms with E-state index in [0.717, 1.165) is 5.69 Å². The van der Waals surface area contributed by atoms with Crippen molar-refractivity contribution in [1.29, 1.82) is 0 Å². The lowest BCUT2D eigenvalue weighted by atomic mass is 10.0. The molecule has 0 spiro atoms. The molecule has 1 heterocycles. The standard InChI is InChI=1S/C16H26ClN3O/c1-10(2)13-7-12(8-15(17)19-13)16(21)18-9-14(11(3)4)20(5)6/h7-8,10-11,14H,9H2,1-6H3,(H,18,21). The number of amides is 1. The molecule has 0 aromatic carbocycles. The molecule has 0 saturated heterocycles. The highest BCUT2D eigenvalue weighted by molar-refractivity contribution is 6.29. The van der Waals surface area contributed by atoms with Crippen LogP contribution in [0.25, 0.3) is 0 Å². The van der Waals surface area contributed by atoms with E-state index < -0.39 is 0 Å². The molecule has 0 saturated carbocycles. The van der Waals surface area contributed by atoms with Gasteiger partial charge in [0, 0.05) is 23.8 Å². The molecule has 0 aliphatic carbocycles. The zero-order valence-corrected chi connectivity index (χ0v) is 14.5. The fourth-order valence-electron chi connectivity index (χ4n) is 2.26. The van der Waals surface area contributed by atoms with Crippen LogP contribution in [0, 0.1) is 5.92 Å². The van der Waals surface area contributed by atoms with Crippen LogP contribution in [0.4, 0.5) is 0 Å². The molecular formula is C16H26ClN3O. The average molecular weight is 312 g/mol. The molecule has 0 radical (unpaired) electrons. The van der Waals surface area contributed by atoms with Gasteiger partial charge in [0.25, 0.3) is 5.91 Å². The van der Waals surface area contributed by atoms with Gasteiger partial charge in [-0.1, -0.05) is 39.3 Å². The maximum Gasteiger partial charge on any atom is 0.251 e. The fraction of sp³-hybridized carbons (Fsp3) is 0.625. The third kappa shape index (κ3) is 5.29. The Kier molecular flexibility index (Phi) is 6.62. The molecule has 118 valence electrons. The molecule has 5 heteroatoms. The first kappa shape index (κ1) is 17.9. The van der Waals surface area contributed by atoms with Crippen molar-refractivity contribution in [2.24, 2.45) is 5.92 Å². The zero-order valence-electron chi connectivity index (χ0n) is 13.8. The Morgan fingerprint density at radius 1 is 1.29 bits per heavy atom. The van der Waals surface area contributed by atoms with Crippen LogP contribution in [0.5, 0.6) is 0 Å². The lowest BCUT2D eigenvalue weighted by molar-refractivity contribution is 0.0934. The number of carbonyl (C=O) groups is 1. The molecule has 1 rings (SSSR count). The van der Waals surface area contributed by atoms with Gasteiger partial charge in [-0.25, -0.2) is 4.98 Å². The van der Waals surface area contributed by atoms with Crippen LogP contribution in [0.1, 0.15) is 49.7 Å². The van der Waals surface area contributed by atoms with E-state index in [9.17, 15) is 4.79 Å². The number of aromatic nitrogens is 1. The summed E-state index contributed by atoms with van der Waals surface area (Å²) in [5.74, 6) is 0.599. The van der Waals surface area contributed by atoms with Crippen molar-refractivity contribution in [3.8, 4) is 0 Å². The minimum atomic E-state index is -0.103. The quantitative estimate of drug-likeness (QED) is 0.821. The van der Waals surface area contributed by atoms with Gasteiger partial charge in [-0.05, 0) is 38.1 Å². The number of nitrogens with one attached hydrogen (secondary N) is 1. The summed E-state index contributed by atoms with van der Waals surface area (Å²) >= 11 is 6.00. The Bertz CT molecular complexity index is 478. The van der Waals surface area contributed by atoms with E-state index in [-0.39, 0.29) is 11.8 Å². The number of hydrogen-bond acceptors (Lipinski definition) is 3. The van der Waals surface area contributed by atoms with Crippen LogP contribution in [-0.4, -0.2) is 42.5 Å². The third-order valence-electron chi connectivity index (χ3n) is 3.57. The molecule has 0 bridgehead atoms. The molecular weight excluding hydrogens is 286 g/mol. The smallest absolute Gasteiger partial charge is 0.251 e. The third-order valence-corrected chi connectivity index (χ3v) is 3.77. The number of halogens is 1. The summed E-state index contributed by atoms with van der Waals surface area (Å²) in [5.41, 5.74) is 1.40. The Hall–Kier alpha value is -1.13. The molecule has 0 aliphatic heterocycles. The molecule has 1 amide bonds. The normalized spacial score (nSPS) is 13.0. The van der Waals surface area contributed by atoms with E-state index in [1.165, 1.54) is 0 Å². The van der Waals surface area contributed by atoms with Crippen molar-refractivity contribution in [3.63, 3.8) is 0 Å². The molecule has 1 aromatic heterocycles. The lowest BCUT2D eigenvalue weighted by Gasteiger charge is -2.28. The monoisotopic (exact) mass is 311 g/mol. The van der Waals surface area contributed by atoms with Gasteiger partial charge in [0.15, 0.2) is 0 Å². The molecule has 0 aliphatic rings. The molecule has 21 heavy (non-hydrogen) atoms. The lowest BCUT2D eigenvalue weighted by Crippen LogP contribution is -2.43. The van der Waals surface area contributed by atoms with Gasteiger partial charge in [-0.3, -0.25) is 4.79 Å². The summed E-state index contributed by atoms with van der Waals surface area (Å²) in [4.78, 5) is 18.7. The number of nitrogens with zero attached hydrogens (tertiary/aromatic N) is 2. The molecule has 1 N–H and O–H groups in total. The fourth-order valence-corrected chi connectivity index (χ4v) is 2.47. The molecule has 1 atom stereocenters. The minimum absolute atomic E-state index is 0.103. The van der Waals surface area contributed by atoms with E-state index in [1.54, 1.807) is 6.07 Å². The van der Waals surface area contributed by atoms with E-state index in [4.69, 9.17) is 11.6 Å². The SMILES string of the molecule is CC(C)c1cc(C(=O)NCC(C(C)C)N(C)C)cc(Cl)n1. The van der Waals surface area contributed by atoms with E-state index in [1.807, 2.05) is 34.0 Å². The topological polar surface area (TPSA) is 45.2 Å². The number of likely N-dealkylation sites (N-methyl/N-ethyl adjacent to an activating group) is 1. The van der Waals surface area contributed by atoms with Gasteiger partial charge in [0.2, 0.25) is 0 Å². The van der Waals surface area contributed by atoms with Crippen molar-refractivity contribution in [1.82, 2.24) is 15.2 Å². The average Bonchev–Trinajstić information content (AvgIpc) is 2.36. The number of rotatable bonds is 6. The van der Waals surface area contributed by atoms with Crippen LogP contribution in [0.2, 0.25) is 5.15 Å². The van der Waals surface area contributed by atoms with Crippen LogP contribution >= 0.6 is 11.6 Å². The van der Waals surface area contributed by atoms with Crippen molar-refractivity contribution in [3.05, 3.63) is 28.5 Å². The Morgan fingerprint density at radius 3 is 2.38 bits per heavy atom. The Morgan fingerprint density at radius 2 is 1.90 bits per heavy atom. The summed E-state index contributed by atoms with van der Waals surface area (Å²) < 4.78 is 0. The summed E-state index contributed by atoms with van der Waals surface area (Å²) in [7, 11) is 4.05. The summed E-state index contributed by atoms with van der Waals surface area (Å²) in [6, 6.07) is 3.73. The maximum absolute atomic E-state index is 12.3. The van der Waals surface area contributed by atoms with Crippen LogP contribution < -0.4 is 5.32 Å². The maximum atomic E-state index is 12.3. The number of hydrogen-bond donors (Lipinski definition) is 1. The summed E-state index contributed by atoms with van der Waals surface area (Å²) in [6.45, 7) is 8.97. The molecule has 1 aromatic rings. The highest BCUT2D eigenvalue weighted by Gasteiger charge is 2.18. The van der Waals surface area contributed by atoms with Crippen LogP contribution in [-0.2, 0) is 0 Å². The summed E-state index contributed by atoms with van der Waals surface area (Å²) in [6.07, 6.45) is 0. The van der Waals surface area contributed by atoms with Gasteiger partial charge in [0.05, 0.1) is 0 Å². The van der Waals surface area contributed by atoms with Gasteiger partial charge in [-0.2, -0.15) is 0 Å². The van der Waals surface area contributed by atoms with E-state index >= 15 is 0 Å². The van der Waals surface area contributed by atoms with Gasteiger partial charge in [0.1, 0.15) is 5.15 Å². The second-order valence-corrected chi connectivity index (χ2v) is 6.63. The molecule has 1 unspecified atom stereocenters. The largest absolute Gasteiger partial charge is 0.350 e. The van der Waals surface area contributed by atoms with Crippen molar-refractivity contribution >= 4 is 17.5 Å². The second kappa shape index (κ2) is 7.76. The number of pyridine rings is 1. The van der Waals surface area contributed by atoms with Crippen molar-refractivity contribution in [2.75, 3.05) is 20.6 Å². The highest BCUT2D eigenvalue weighted by atomic mass is 35.5. The van der Waals surface area contributed by atoms with Crippen LogP contribution in [0.15, 0.2) is 12.1 Å². The van der Waals surface area contributed by atoms with Gasteiger partial charge in [-0.15, -0.1) is 0 Å². The Balaban J connectivity index is 2.80. The van der Waals surface area contributed by atoms with E-state index in [2.05, 4.69) is 29.0 Å². The van der Waals surface area contributed by atoms with Crippen LogP contribution in [0.3, 0.4) is 0 Å². The Labute approximate surface area is 132 Å². The predicted molar refractivity (Wildman–Crippen MR) is 88.0 cm³/mol. The number of carbonyl (C=O) groups excluding carboxylic acids is 1. The summed E-state index contributed by atoms with van der Waals surface area (Å²) in [5, 5.41) is 3.35.